The van der Waals surface area contributed by atoms with Crippen molar-refractivity contribution in [3.63, 3.8) is 0 Å². The van der Waals surface area contributed by atoms with Crippen LogP contribution < -0.4 is 15.2 Å². The summed E-state index contributed by atoms with van der Waals surface area (Å²) in [4.78, 5) is 8.21. The molecule has 18 heavy (non-hydrogen) atoms. The molecule has 1 aromatic carbocycles. The molecule has 2 aromatic rings. The van der Waals surface area contributed by atoms with Gasteiger partial charge in [0.15, 0.2) is 11.5 Å². The Labute approximate surface area is 106 Å². The quantitative estimate of drug-likeness (QED) is 0.868. The van der Waals surface area contributed by atoms with Gasteiger partial charge in [0.25, 0.3) is 0 Å². The summed E-state index contributed by atoms with van der Waals surface area (Å²) in [6, 6.07) is 7.52. The lowest BCUT2D eigenvalue weighted by molar-refractivity contribution is 0.295. The zero-order valence-corrected chi connectivity index (χ0v) is 10.2. The van der Waals surface area contributed by atoms with Crippen LogP contribution in [-0.4, -0.2) is 23.7 Å². The van der Waals surface area contributed by atoms with Gasteiger partial charge in [0, 0.05) is 6.42 Å². The van der Waals surface area contributed by atoms with Gasteiger partial charge in [-0.25, -0.2) is 9.97 Å². The minimum absolute atomic E-state index is 0.490. The molecule has 2 rings (SSSR count). The Balaban J connectivity index is 1.90. The minimum Gasteiger partial charge on any atom is -0.493 e. The van der Waals surface area contributed by atoms with Crippen molar-refractivity contribution in [2.75, 3.05) is 19.5 Å². The first-order valence-electron chi connectivity index (χ1n) is 5.62. The van der Waals surface area contributed by atoms with E-state index in [9.17, 15) is 0 Å². The first kappa shape index (κ1) is 12.2. The topological polar surface area (TPSA) is 70.3 Å². The molecule has 2 N–H and O–H groups in total. The smallest absolute Gasteiger partial charge is 0.161 e. The second kappa shape index (κ2) is 5.86. The Morgan fingerprint density at radius 3 is 2.44 bits per heavy atom. The van der Waals surface area contributed by atoms with E-state index in [-0.39, 0.29) is 0 Å². The third-order valence-corrected chi connectivity index (χ3v) is 2.38. The molecular formula is C13H15N3O2. The molecule has 1 heterocycles. The highest BCUT2D eigenvalue weighted by Crippen LogP contribution is 2.25. The third-order valence-electron chi connectivity index (χ3n) is 2.38. The van der Waals surface area contributed by atoms with E-state index in [2.05, 4.69) is 9.97 Å². The summed E-state index contributed by atoms with van der Waals surface area (Å²) in [5.41, 5.74) is 6.07. The molecule has 5 heteroatoms. The predicted molar refractivity (Wildman–Crippen MR) is 68.6 cm³/mol. The summed E-state index contributed by atoms with van der Waals surface area (Å²) in [7, 11) is 1.62. The van der Waals surface area contributed by atoms with Crippen LogP contribution >= 0.6 is 0 Å². The number of rotatable bonds is 5. The molecule has 0 atom stereocenters. The first-order valence-corrected chi connectivity index (χ1v) is 5.62. The van der Waals surface area contributed by atoms with E-state index < -0.39 is 0 Å². The maximum Gasteiger partial charge on any atom is 0.161 e. The van der Waals surface area contributed by atoms with Gasteiger partial charge in [0.05, 0.1) is 31.8 Å². The number of ether oxygens (including phenoxy) is 2. The summed E-state index contributed by atoms with van der Waals surface area (Å²) in [6.45, 7) is 0.490. The number of nitrogens with two attached hydrogens (primary N) is 1. The number of aromatic nitrogens is 2. The van der Waals surface area contributed by atoms with Gasteiger partial charge in [-0.1, -0.05) is 12.1 Å². The zero-order chi connectivity index (χ0) is 12.8. The molecule has 0 amide bonds. The zero-order valence-electron chi connectivity index (χ0n) is 10.2. The highest BCUT2D eigenvalue weighted by molar-refractivity contribution is 5.39. The van der Waals surface area contributed by atoms with E-state index in [0.29, 0.717) is 24.5 Å². The maximum absolute atomic E-state index is 5.63. The largest absolute Gasteiger partial charge is 0.493 e. The second-order valence-electron chi connectivity index (χ2n) is 3.68. The van der Waals surface area contributed by atoms with E-state index in [1.165, 1.54) is 0 Å². The summed E-state index contributed by atoms with van der Waals surface area (Å²) in [6.07, 6.45) is 3.80. The molecule has 0 fully saturated rings. The molecule has 0 saturated carbocycles. The van der Waals surface area contributed by atoms with Crippen LogP contribution in [0.4, 0.5) is 5.69 Å². The second-order valence-corrected chi connectivity index (χ2v) is 3.68. The van der Waals surface area contributed by atoms with Crippen molar-refractivity contribution >= 4 is 5.69 Å². The molecular weight excluding hydrogens is 230 g/mol. The van der Waals surface area contributed by atoms with Crippen molar-refractivity contribution < 1.29 is 9.47 Å². The average molecular weight is 245 g/mol. The molecule has 0 aliphatic rings. The molecule has 0 aliphatic heterocycles. The maximum atomic E-state index is 5.63. The van der Waals surface area contributed by atoms with Crippen LogP contribution in [0, 0.1) is 0 Å². The van der Waals surface area contributed by atoms with Gasteiger partial charge in [-0.2, -0.15) is 0 Å². The first-order chi connectivity index (χ1) is 8.79. The van der Waals surface area contributed by atoms with Crippen molar-refractivity contribution in [3.8, 4) is 11.5 Å². The fourth-order valence-electron chi connectivity index (χ4n) is 1.48. The van der Waals surface area contributed by atoms with E-state index in [0.717, 1.165) is 11.5 Å². The van der Waals surface area contributed by atoms with Gasteiger partial charge >= 0.3 is 0 Å². The lowest BCUT2D eigenvalue weighted by atomic mass is 10.3. The third kappa shape index (κ3) is 3.10. The van der Waals surface area contributed by atoms with Gasteiger partial charge in [-0.05, 0) is 12.1 Å². The number of methoxy groups -OCH3 is 1. The normalized spacial score (nSPS) is 10.1. The van der Waals surface area contributed by atoms with Crippen molar-refractivity contribution in [2.45, 2.75) is 6.42 Å². The monoisotopic (exact) mass is 245 g/mol. The summed E-state index contributed by atoms with van der Waals surface area (Å²) in [5, 5.41) is 0. The molecule has 5 nitrogen and oxygen atoms in total. The Morgan fingerprint density at radius 2 is 1.78 bits per heavy atom. The van der Waals surface area contributed by atoms with Crippen LogP contribution in [0.2, 0.25) is 0 Å². The summed E-state index contributed by atoms with van der Waals surface area (Å²) in [5.74, 6) is 2.14. The lowest BCUT2D eigenvalue weighted by Crippen LogP contribution is -2.06. The van der Waals surface area contributed by atoms with Crippen LogP contribution in [0.25, 0.3) is 0 Å². The fourth-order valence-corrected chi connectivity index (χ4v) is 1.48. The number of nitrogen functional groups attached to an aromatic ring is 1. The molecule has 0 saturated heterocycles. The van der Waals surface area contributed by atoms with Gasteiger partial charge < -0.3 is 15.2 Å². The molecule has 0 bridgehead atoms. The number of anilines is 1. The molecule has 0 radical (unpaired) electrons. The van der Waals surface area contributed by atoms with Crippen molar-refractivity contribution in [1.29, 1.82) is 0 Å². The number of hydrogen-bond donors (Lipinski definition) is 1. The molecule has 0 unspecified atom stereocenters. The fraction of sp³-hybridized carbons (Fsp3) is 0.231. The van der Waals surface area contributed by atoms with Gasteiger partial charge in [0.2, 0.25) is 0 Å². The Bertz CT molecular complexity index is 500. The number of nitrogens with zero attached hydrogens (tertiary/aromatic N) is 2. The Kier molecular flexibility index (Phi) is 3.96. The van der Waals surface area contributed by atoms with E-state index in [1.807, 2.05) is 24.3 Å². The highest BCUT2D eigenvalue weighted by Gasteiger charge is 2.03. The van der Waals surface area contributed by atoms with Gasteiger partial charge in [0.1, 0.15) is 5.82 Å². The summed E-state index contributed by atoms with van der Waals surface area (Å²) >= 11 is 0. The van der Waals surface area contributed by atoms with Crippen molar-refractivity contribution in [1.82, 2.24) is 9.97 Å². The van der Waals surface area contributed by atoms with Crippen molar-refractivity contribution in [2.24, 2.45) is 0 Å². The number of benzene rings is 1. The Morgan fingerprint density at radius 1 is 1.11 bits per heavy atom. The van der Waals surface area contributed by atoms with Crippen LogP contribution in [0.3, 0.4) is 0 Å². The standard InChI is InChI=1S/C13H15N3O2/c1-17-11-4-2-3-5-12(11)18-7-6-13-15-8-10(14)9-16-13/h2-5,8-9H,6-7,14H2,1H3. The van der Waals surface area contributed by atoms with Gasteiger partial charge in [-0.3, -0.25) is 0 Å². The predicted octanol–water partition coefficient (Wildman–Crippen LogP) is 1.69. The molecule has 0 spiro atoms. The molecule has 0 aliphatic carbocycles. The molecule has 94 valence electrons. The Hall–Kier alpha value is -2.30. The SMILES string of the molecule is COc1ccccc1OCCc1ncc(N)cn1. The highest BCUT2D eigenvalue weighted by atomic mass is 16.5. The van der Waals surface area contributed by atoms with Gasteiger partial charge in [-0.15, -0.1) is 0 Å². The van der Waals surface area contributed by atoms with Crippen molar-refractivity contribution in [3.05, 3.63) is 42.5 Å². The van der Waals surface area contributed by atoms with E-state index in [1.54, 1.807) is 19.5 Å². The van der Waals surface area contributed by atoms with Crippen LogP contribution in [0.5, 0.6) is 11.5 Å². The summed E-state index contributed by atoms with van der Waals surface area (Å²) < 4.78 is 10.8. The van der Waals surface area contributed by atoms with E-state index in [4.69, 9.17) is 15.2 Å². The average Bonchev–Trinajstić information content (AvgIpc) is 2.41. The number of hydrogen-bond acceptors (Lipinski definition) is 5. The number of para-hydroxylation sites is 2. The van der Waals surface area contributed by atoms with E-state index >= 15 is 0 Å². The lowest BCUT2D eigenvalue weighted by Gasteiger charge is -2.09. The van der Waals surface area contributed by atoms with Crippen LogP contribution in [-0.2, 0) is 6.42 Å². The minimum atomic E-state index is 0.490. The molecule has 1 aromatic heterocycles. The van der Waals surface area contributed by atoms with Crippen LogP contribution in [0.1, 0.15) is 5.82 Å². The van der Waals surface area contributed by atoms with Crippen LogP contribution in [0.15, 0.2) is 36.7 Å².